The highest BCUT2D eigenvalue weighted by atomic mass is 16.6. The third-order valence-electron chi connectivity index (χ3n) is 2.93. The molecule has 0 saturated carbocycles. The predicted octanol–water partition coefficient (Wildman–Crippen LogP) is 2.15. The van der Waals surface area contributed by atoms with Crippen molar-refractivity contribution in [2.75, 3.05) is 51.5 Å². The van der Waals surface area contributed by atoms with Gasteiger partial charge in [-0.3, -0.25) is 20.2 Å². The van der Waals surface area contributed by atoms with Crippen LogP contribution in [0.2, 0.25) is 0 Å². The van der Waals surface area contributed by atoms with Gasteiger partial charge in [0.25, 0.3) is 11.4 Å². The Bertz CT molecular complexity index is 580. The molecule has 10 heteroatoms. The van der Waals surface area contributed by atoms with Crippen LogP contribution in [0.4, 0.5) is 17.1 Å². The van der Waals surface area contributed by atoms with Crippen LogP contribution in [0.1, 0.15) is 0 Å². The zero-order valence-corrected chi connectivity index (χ0v) is 13.7. The Hall–Kier alpha value is -2.56. The Kier molecular flexibility index (Phi) is 9.75. The van der Waals surface area contributed by atoms with Gasteiger partial charge in [0, 0.05) is 12.6 Å². The molecule has 25 heavy (non-hydrogen) atoms. The van der Waals surface area contributed by atoms with Crippen LogP contribution in [0, 0.1) is 20.2 Å². The third kappa shape index (κ3) is 8.20. The predicted molar refractivity (Wildman–Crippen MR) is 90.9 cm³/mol. The Labute approximate surface area is 144 Å². The lowest BCUT2D eigenvalue weighted by molar-refractivity contribution is -0.393. The van der Waals surface area contributed by atoms with Crippen LogP contribution >= 0.6 is 0 Å². The quantitative estimate of drug-likeness (QED) is 0.233. The summed E-state index contributed by atoms with van der Waals surface area (Å²) in [7, 11) is 0. The van der Waals surface area contributed by atoms with Gasteiger partial charge in [-0.05, 0) is 6.07 Å². The molecule has 0 spiro atoms. The molecule has 0 saturated heterocycles. The molecule has 0 bridgehead atoms. The fraction of sp³-hybridized carbons (Fsp3) is 0.467. The molecule has 10 nitrogen and oxygen atoms in total. The molecule has 0 unspecified atom stereocenters. The average Bonchev–Trinajstić information content (AvgIpc) is 2.59. The highest BCUT2D eigenvalue weighted by Crippen LogP contribution is 2.28. The van der Waals surface area contributed by atoms with Crippen LogP contribution in [-0.2, 0) is 14.2 Å². The first kappa shape index (κ1) is 20.5. The number of non-ortho nitro benzene ring substituents is 1. The minimum atomic E-state index is -0.678. The van der Waals surface area contributed by atoms with Crippen molar-refractivity contribution in [1.29, 1.82) is 0 Å². The van der Waals surface area contributed by atoms with Crippen LogP contribution in [0.5, 0.6) is 0 Å². The second-order valence-corrected chi connectivity index (χ2v) is 4.73. The Morgan fingerprint density at radius 1 is 1.00 bits per heavy atom. The number of nitro benzene ring substituents is 2. The van der Waals surface area contributed by atoms with Crippen molar-refractivity contribution in [1.82, 2.24) is 0 Å². The first-order valence-corrected chi connectivity index (χ1v) is 7.57. The van der Waals surface area contributed by atoms with Crippen LogP contribution in [-0.4, -0.2) is 56.0 Å². The Morgan fingerprint density at radius 2 is 1.64 bits per heavy atom. The molecule has 0 atom stereocenters. The van der Waals surface area contributed by atoms with Gasteiger partial charge in [-0.2, -0.15) is 0 Å². The highest BCUT2D eigenvalue weighted by molar-refractivity contribution is 5.65. The smallest absolute Gasteiger partial charge is 0.299 e. The molecule has 0 aromatic heterocycles. The molecule has 0 aliphatic carbocycles. The molecule has 138 valence electrons. The van der Waals surface area contributed by atoms with E-state index in [2.05, 4.69) is 11.9 Å². The lowest BCUT2D eigenvalue weighted by atomic mass is 10.2. The summed E-state index contributed by atoms with van der Waals surface area (Å²) in [5.74, 6) is 0. The zero-order valence-electron chi connectivity index (χ0n) is 13.7. The molecule has 0 aliphatic heterocycles. The number of anilines is 1. The lowest BCUT2D eigenvalue weighted by Crippen LogP contribution is -2.14. The van der Waals surface area contributed by atoms with Gasteiger partial charge in [-0.15, -0.1) is 6.58 Å². The third-order valence-corrected chi connectivity index (χ3v) is 2.93. The van der Waals surface area contributed by atoms with Crippen molar-refractivity contribution in [3.8, 4) is 0 Å². The second-order valence-electron chi connectivity index (χ2n) is 4.73. The van der Waals surface area contributed by atoms with Crippen molar-refractivity contribution >= 4 is 17.1 Å². The normalized spacial score (nSPS) is 10.4. The maximum absolute atomic E-state index is 11.0. The number of hydrogen-bond donors (Lipinski definition) is 1. The van der Waals surface area contributed by atoms with Crippen LogP contribution in [0.15, 0.2) is 30.9 Å². The van der Waals surface area contributed by atoms with Crippen molar-refractivity contribution in [3.05, 3.63) is 51.1 Å². The molecule has 1 N–H and O–H groups in total. The topological polar surface area (TPSA) is 126 Å². The second kappa shape index (κ2) is 11.9. The molecule has 0 fully saturated rings. The fourth-order valence-corrected chi connectivity index (χ4v) is 1.80. The van der Waals surface area contributed by atoms with Crippen molar-refractivity contribution < 1.29 is 24.1 Å². The van der Waals surface area contributed by atoms with Crippen LogP contribution < -0.4 is 5.32 Å². The number of nitro groups is 2. The van der Waals surface area contributed by atoms with E-state index in [1.807, 2.05) is 0 Å². The molecule has 0 aliphatic rings. The highest BCUT2D eigenvalue weighted by Gasteiger charge is 2.18. The summed E-state index contributed by atoms with van der Waals surface area (Å²) in [4.78, 5) is 20.3. The molecule has 1 aromatic rings. The van der Waals surface area contributed by atoms with E-state index in [0.717, 1.165) is 6.07 Å². The summed E-state index contributed by atoms with van der Waals surface area (Å²) in [5, 5.41) is 24.5. The van der Waals surface area contributed by atoms with Gasteiger partial charge in [-0.25, -0.2) is 0 Å². The molecule has 0 heterocycles. The molecular formula is C15H21N3O7. The SMILES string of the molecule is C=CCOCCOCCOCCNc1ccc([N+](=O)[O-])cc1[N+](=O)[O-]. The van der Waals surface area contributed by atoms with Gasteiger partial charge < -0.3 is 19.5 Å². The summed E-state index contributed by atoms with van der Waals surface area (Å²) >= 11 is 0. The number of benzene rings is 1. The van der Waals surface area contributed by atoms with E-state index in [9.17, 15) is 20.2 Å². The van der Waals surface area contributed by atoms with E-state index < -0.39 is 9.85 Å². The standard InChI is InChI=1S/C15H21N3O7/c1-2-6-23-8-10-25-11-9-24-7-5-16-14-4-3-13(17(19)20)12-15(14)18(21)22/h2-4,12,16H,1,5-11H2. The van der Waals surface area contributed by atoms with Gasteiger partial charge >= 0.3 is 0 Å². The summed E-state index contributed by atoms with van der Waals surface area (Å²) in [6.45, 7) is 6.38. The van der Waals surface area contributed by atoms with E-state index >= 15 is 0 Å². The van der Waals surface area contributed by atoms with Crippen molar-refractivity contribution in [2.45, 2.75) is 0 Å². The van der Waals surface area contributed by atoms with Gasteiger partial charge in [0.15, 0.2) is 0 Å². The van der Waals surface area contributed by atoms with Crippen LogP contribution in [0.3, 0.4) is 0 Å². The van der Waals surface area contributed by atoms with E-state index in [0.29, 0.717) is 46.2 Å². The van der Waals surface area contributed by atoms with Gasteiger partial charge in [0.2, 0.25) is 0 Å². The van der Waals surface area contributed by atoms with E-state index in [4.69, 9.17) is 14.2 Å². The summed E-state index contributed by atoms with van der Waals surface area (Å²) < 4.78 is 15.7. The summed E-state index contributed by atoms with van der Waals surface area (Å²) in [6, 6.07) is 3.44. The number of nitrogens with one attached hydrogen (secondary N) is 1. The molecular weight excluding hydrogens is 334 g/mol. The van der Waals surface area contributed by atoms with E-state index in [1.54, 1.807) is 6.08 Å². The number of nitrogens with zero attached hydrogens (tertiary/aromatic N) is 2. The maximum Gasteiger partial charge on any atom is 0.299 e. The molecule has 1 rings (SSSR count). The average molecular weight is 355 g/mol. The summed E-state index contributed by atoms with van der Waals surface area (Å²) in [6.07, 6.45) is 1.66. The molecule has 1 aromatic carbocycles. The fourth-order valence-electron chi connectivity index (χ4n) is 1.80. The van der Waals surface area contributed by atoms with Gasteiger partial charge in [0.1, 0.15) is 5.69 Å². The largest absolute Gasteiger partial charge is 0.377 e. The monoisotopic (exact) mass is 355 g/mol. The minimum absolute atomic E-state index is 0.204. The first-order valence-electron chi connectivity index (χ1n) is 7.57. The molecule has 0 amide bonds. The number of ether oxygens (including phenoxy) is 3. The van der Waals surface area contributed by atoms with Crippen molar-refractivity contribution in [2.24, 2.45) is 0 Å². The number of hydrogen-bond acceptors (Lipinski definition) is 8. The zero-order chi connectivity index (χ0) is 18.5. The molecule has 0 radical (unpaired) electrons. The maximum atomic E-state index is 11.0. The number of rotatable bonds is 14. The van der Waals surface area contributed by atoms with E-state index in [1.165, 1.54) is 12.1 Å². The summed E-state index contributed by atoms with van der Waals surface area (Å²) in [5.41, 5.74) is -0.477. The van der Waals surface area contributed by atoms with Crippen molar-refractivity contribution in [3.63, 3.8) is 0 Å². The first-order chi connectivity index (χ1) is 12.1. The van der Waals surface area contributed by atoms with Gasteiger partial charge in [0.05, 0.1) is 55.6 Å². The van der Waals surface area contributed by atoms with Crippen LogP contribution in [0.25, 0.3) is 0 Å². The van der Waals surface area contributed by atoms with E-state index in [-0.39, 0.29) is 17.1 Å². The van der Waals surface area contributed by atoms with Gasteiger partial charge in [-0.1, -0.05) is 6.08 Å². The Balaban J connectivity index is 2.22. The Morgan fingerprint density at radius 3 is 2.24 bits per heavy atom. The lowest BCUT2D eigenvalue weighted by Gasteiger charge is -2.08. The minimum Gasteiger partial charge on any atom is -0.377 e.